The van der Waals surface area contributed by atoms with Gasteiger partial charge in [-0.3, -0.25) is 4.98 Å². The van der Waals surface area contributed by atoms with Crippen molar-refractivity contribution in [1.29, 1.82) is 0 Å². The van der Waals surface area contributed by atoms with Gasteiger partial charge in [-0.05, 0) is 85.3 Å². The largest absolute Gasteiger partial charge is 0.327 e. The SMILES string of the molecule is Cn1c(-c2ccc(-c3ccc(-c4ccc5cnccc5c4)c4c3-c3ccccc3C4(c3ccccc3)c3ccccc3)cc2)nc2ccccc21. The molecule has 7 aromatic carbocycles. The van der Waals surface area contributed by atoms with Gasteiger partial charge >= 0.3 is 0 Å². The van der Waals surface area contributed by atoms with E-state index in [9.17, 15) is 0 Å². The second kappa shape index (κ2) is 11.5. The van der Waals surface area contributed by atoms with Crippen molar-refractivity contribution in [3.05, 3.63) is 205 Å². The Morgan fingerprint density at radius 2 is 1.16 bits per heavy atom. The van der Waals surface area contributed by atoms with Crippen molar-refractivity contribution < 1.29 is 0 Å². The van der Waals surface area contributed by atoms with E-state index in [1.807, 2.05) is 18.5 Å². The number of hydrogen-bond acceptors (Lipinski definition) is 2. The van der Waals surface area contributed by atoms with Gasteiger partial charge < -0.3 is 4.57 Å². The molecule has 0 atom stereocenters. The molecule has 240 valence electrons. The minimum absolute atomic E-state index is 0.542. The molecule has 0 amide bonds. The maximum absolute atomic E-state index is 4.98. The van der Waals surface area contributed by atoms with Gasteiger partial charge in [0.05, 0.1) is 16.4 Å². The van der Waals surface area contributed by atoms with Crippen molar-refractivity contribution in [2.45, 2.75) is 5.41 Å². The molecule has 0 radical (unpaired) electrons. The number of para-hydroxylation sites is 2. The Morgan fingerprint density at radius 3 is 1.92 bits per heavy atom. The first-order valence-electron chi connectivity index (χ1n) is 17.5. The molecule has 3 nitrogen and oxygen atoms in total. The van der Waals surface area contributed by atoms with E-state index in [1.165, 1.54) is 61.0 Å². The number of fused-ring (bicyclic) bond motifs is 5. The fourth-order valence-electron chi connectivity index (χ4n) is 8.51. The zero-order valence-electron chi connectivity index (χ0n) is 28.2. The molecule has 0 unspecified atom stereocenters. The minimum atomic E-state index is -0.542. The smallest absolute Gasteiger partial charge is 0.140 e. The molecule has 0 spiro atoms. The number of nitrogens with zero attached hydrogens (tertiary/aromatic N) is 3. The van der Waals surface area contributed by atoms with E-state index in [0.29, 0.717) is 0 Å². The number of imidazole rings is 1. The van der Waals surface area contributed by atoms with Gasteiger partial charge in [-0.15, -0.1) is 0 Å². The Hall–Kier alpha value is -6.58. The molecule has 9 aromatic rings. The summed E-state index contributed by atoms with van der Waals surface area (Å²) < 4.78 is 2.18. The summed E-state index contributed by atoms with van der Waals surface area (Å²) in [5, 5.41) is 2.31. The van der Waals surface area contributed by atoms with Crippen molar-refractivity contribution in [2.24, 2.45) is 7.05 Å². The van der Waals surface area contributed by atoms with Gasteiger partial charge in [0.15, 0.2) is 0 Å². The van der Waals surface area contributed by atoms with Crippen LogP contribution in [0.1, 0.15) is 22.3 Å². The van der Waals surface area contributed by atoms with Crippen molar-refractivity contribution in [1.82, 2.24) is 14.5 Å². The highest BCUT2D eigenvalue weighted by Crippen LogP contribution is 2.60. The van der Waals surface area contributed by atoms with Crippen LogP contribution in [0.25, 0.3) is 66.6 Å². The first kappa shape index (κ1) is 29.3. The van der Waals surface area contributed by atoms with Crippen LogP contribution in [-0.2, 0) is 12.5 Å². The predicted molar refractivity (Wildman–Crippen MR) is 210 cm³/mol. The van der Waals surface area contributed by atoms with Crippen LogP contribution in [0.15, 0.2) is 182 Å². The topological polar surface area (TPSA) is 30.7 Å². The summed E-state index contributed by atoms with van der Waals surface area (Å²) in [6.07, 6.45) is 3.82. The van der Waals surface area contributed by atoms with Gasteiger partial charge in [-0.2, -0.15) is 0 Å². The average molecular weight is 652 g/mol. The quantitative estimate of drug-likeness (QED) is 0.185. The highest BCUT2D eigenvalue weighted by molar-refractivity contribution is 6.01. The molecule has 10 rings (SSSR count). The van der Waals surface area contributed by atoms with Gasteiger partial charge in [0.2, 0.25) is 0 Å². The second-order valence-electron chi connectivity index (χ2n) is 13.4. The Labute approximate surface area is 297 Å². The number of aromatic nitrogens is 3. The van der Waals surface area contributed by atoms with Crippen LogP contribution >= 0.6 is 0 Å². The number of rotatable bonds is 5. The lowest BCUT2D eigenvalue weighted by Crippen LogP contribution is -2.29. The molecule has 0 saturated carbocycles. The lowest BCUT2D eigenvalue weighted by Gasteiger charge is -2.35. The van der Waals surface area contributed by atoms with E-state index in [2.05, 4.69) is 180 Å². The number of benzene rings is 7. The standard InChI is InChI=1S/C48H33N3/c1-51-44-19-11-10-18-43(44)50-47(51)33-22-20-32(21-23-33)39-26-27-40(35-24-25-36-31-49-29-28-34(36)30-35)46-45(39)41-16-8-9-17-42(41)48(46,37-12-4-2-5-13-37)38-14-6-3-7-15-38/h2-31H,1H3. The average Bonchev–Trinajstić information content (AvgIpc) is 3.71. The molecule has 0 fully saturated rings. The van der Waals surface area contributed by atoms with Crippen molar-refractivity contribution in [3.8, 4) is 44.8 Å². The normalized spacial score (nSPS) is 13.0. The molecule has 3 heteroatoms. The van der Waals surface area contributed by atoms with Gasteiger partial charge in [0.25, 0.3) is 0 Å². The Bertz CT molecular complexity index is 2700. The van der Waals surface area contributed by atoms with Gasteiger partial charge in [0, 0.05) is 30.4 Å². The third-order valence-electron chi connectivity index (χ3n) is 10.8. The van der Waals surface area contributed by atoms with Crippen LogP contribution in [0, 0.1) is 0 Å². The van der Waals surface area contributed by atoms with Gasteiger partial charge in [0.1, 0.15) is 5.82 Å². The first-order chi connectivity index (χ1) is 25.2. The molecular weight excluding hydrogens is 619 g/mol. The lowest BCUT2D eigenvalue weighted by atomic mass is 9.66. The monoisotopic (exact) mass is 651 g/mol. The van der Waals surface area contributed by atoms with Crippen molar-refractivity contribution in [2.75, 3.05) is 0 Å². The predicted octanol–water partition coefficient (Wildman–Crippen LogP) is 11.5. The minimum Gasteiger partial charge on any atom is -0.327 e. The molecule has 2 aromatic heterocycles. The summed E-state index contributed by atoms with van der Waals surface area (Å²) in [6, 6.07) is 62.0. The lowest BCUT2D eigenvalue weighted by molar-refractivity contribution is 0.770. The fraction of sp³-hybridized carbons (Fsp3) is 0.0417. The highest BCUT2D eigenvalue weighted by Gasteiger charge is 2.48. The Balaban J connectivity index is 1.27. The Morgan fingerprint density at radius 1 is 0.510 bits per heavy atom. The van der Waals surface area contributed by atoms with E-state index in [-0.39, 0.29) is 0 Å². The number of pyridine rings is 1. The van der Waals surface area contributed by atoms with E-state index < -0.39 is 5.41 Å². The fourth-order valence-corrected chi connectivity index (χ4v) is 8.51. The summed E-state index contributed by atoms with van der Waals surface area (Å²) in [6.45, 7) is 0. The first-order valence-corrected chi connectivity index (χ1v) is 17.5. The summed E-state index contributed by atoms with van der Waals surface area (Å²) in [5.74, 6) is 0.965. The van der Waals surface area contributed by atoms with Crippen LogP contribution in [0.5, 0.6) is 0 Å². The number of hydrogen-bond donors (Lipinski definition) is 0. The summed E-state index contributed by atoms with van der Waals surface area (Å²) in [4.78, 5) is 9.37. The zero-order valence-corrected chi connectivity index (χ0v) is 28.2. The molecule has 51 heavy (non-hydrogen) atoms. The third kappa shape index (κ3) is 4.38. The van der Waals surface area contributed by atoms with Crippen LogP contribution in [0.2, 0.25) is 0 Å². The van der Waals surface area contributed by atoms with Crippen LogP contribution in [0.4, 0.5) is 0 Å². The second-order valence-corrected chi connectivity index (χ2v) is 13.4. The van der Waals surface area contributed by atoms with E-state index in [1.54, 1.807) is 0 Å². The van der Waals surface area contributed by atoms with Crippen LogP contribution in [0.3, 0.4) is 0 Å². The molecule has 0 N–H and O–H groups in total. The van der Waals surface area contributed by atoms with Gasteiger partial charge in [-0.1, -0.05) is 146 Å². The summed E-state index contributed by atoms with van der Waals surface area (Å²) in [5.41, 5.74) is 15.2. The van der Waals surface area contributed by atoms with Crippen LogP contribution in [-0.4, -0.2) is 14.5 Å². The van der Waals surface area contributed by atoms with Gasteiger partial charge in [-0.25, -0.2) is 4.98 Å². The zero-order chi connectivity index (χ0) is 33.9. The maximum atomic E-state index is 4.98. The molecule has 1 aliphatic rings. The summed E-state index contributed by atoms with van der Waals surface area (Å²) in [7, 11) is 2.09. The molecular formula is C48H33N3. The molecule has 1 aliphatic carbocycles. The number of aryl methyl sites for hydroxylation is 1. The third-order valence-corrected chi connectivity index (χ3v) is 10.8. The molecule has 0 bridgehead atoms. The van der Waals surface area contributed by atoms with Crippen LogP contribution < -0.4 is 0 Å². The Kier molecular flexibility index (Phi) is 6.62. The molecule has 2 heterocycles. The molecule has 0 saturated heterocycles. The van der Waals surface area contributed by atoms with E-state index >= 15 is 0 Å². The maximum Gasteiger partial charge on any atom is 0.140 e. The van der Waals surface area contributed by atoms with Crippen molar-refractivity contribution in [3.63, 3.8) is 0 Å². The highest BCUT2D eigenvalue weighted by atomic mass is 15.1. The van der Waals surface area contributed by atoms with E-state index in [0.717, 1.165) is 27.8 Å². The summed E-state index contributed by atoms with van der Waals surface area (Å²) >= 11 is 0. The van der Waals surface area contributed by atoms with E-state index in [4.69, 9.17) is 4.98 Å². The molecule has 0 aliphatic heterocycles. The van der Waals surface area contributed by atoms with Crippen molar-refractivity contribution >= 4 is 21.8 Å².